The number of sulfonamides is 1. The second kappa shape index (κ2) is 7.97. The number of hydrogen-bond donors (Lipinski definition) is 2. The topological polar surface area (TPSA) is 124 Å². The predicted molar refractivity (Wildman–Crippen MR) is 105 cm³/mol. The van der Waals surface area contributed by atoms with Crippen molar-refractivity contribution < 1.29 is 13.2 Å². The summed E-state index contributed by atoms with van der Waals surface area (Å²) in [5, 5.41) is 5.70. The van der Waals surface area contributed by atoms with Crippen LogP contribution in [0.15, 0.2) is 24.3 Å². The average Bonchev–Trinajstić information content (AvgIpc) is 2.80. The molecule has 27 heavy (non-hydrogen) atoms. The van der Waals surface area contributed by atoms with E-state index in [1.807, 2.05) is 13.0 Å². The lowest BCUT2D eigenvalue weighted by molar-refractivity contribution is 0.134. The number of rotatable bonds is 4. The van der Waals surface area contributed by atoms with Crippen LogP contribution in [0.25, 0.3) is 0 Å². The lowest BCUT2D eigenvalue weighted by Crippen LogP contribution is -2.32. The standard InChI is InChI=1S/C17H22ClN5O3S/c1-11-7-16(22-17(19)21-11)23-5-2-6-26-9-15(23)13-8-12(3-4-14(13)18)10-27(20,24)25/h3-4,7-8,15H,2,5-6,9-10H2,1H3,(H2,19,21,22)(H2,20,24,25). The highest BCUT2D eigenvalue weighted by Gasteiger charge is 2.27. The summed E-state index contributed by atoms with van der Waals surface area (Å²) in [5.74, 6) is 0.621. The van der Waals surface area contributed by atoms with Gasteiger partial charge in [0, 0.05) is 29.9 Å². The van der Waals surface area contributed by atoms with Crippen LogP contribution in [0.4, 0.5) is 11.8 Å². The minimum Gasteiger partial charge on any atom is -0.379 e. The number of ether oxygens (including phenoxy) is 1. The number of nitrogens with zero attached hydrogens (tertiary/aromatic N) is 3. The molecular weight excluding hydrogens is 390 g/mol. The quantitative estimate of drug-likeness (QED) is 0.785. The molecular formula is C17H22ClN5O3S. The van der Waals surface area contributed by atoms with Crippen LogP contribution in [-0.2, 0) is 20.5 Å². The molecule has 3 rings (SSSR count). The number of hydrogen-bond acceptors (Lipinski definition) is 7. The van der Waals surface area contributed by atoms with Gasteiger partial charge in [-0.2, -0.15) is 4.98 Å². The molecule has 1 aliphatic rings. The largest absolute Gasteiger partial charge is 0.379 e. The molecule has 0 spiro atoms. The normalized spacial score (nSPS) is 18.3. The summed E-state index contributed by atoms with van der Waals surface area (Å²) in [6.07, 6.45) is 0.813. The maximum Gasteiger partial charge on any atom is 0.222 e. The molecule has 0 aliphatic carbocycles. The van der Waals surface area contributed by atoms with E-state index in [2.05, 4.69) is 14.9 Å². The molecule has 1 saturated heterocycles. The number of aryl methyl sites for hydroxylation is 1. The number of aromatic nitrogens is 2. The number of anilines is 2. The Morgan fingerprint density at radius 2 is 2.11 bits per heavy atom. The number of nitrogen functional groups attached to an aromatic ring is 1. The molecule has 0 saturated carbocycles. The molecule has 0 bridgehead atoms. The van der Waals surface area contributed by atoms with Gasteiger partial charge >= 0.3 is 0 Å². The Hall–Kier alpha value is -1.94. The van der Waals surface area contributed by atoms with Crippen molar-refractivity contribution in [2.45, 2.75) is 25.1 Å². The maximum atomic E-state index is 11.5. The molecule has 1 atom stereocenters. The second-order valence-electron chi connectivity index (χ2n) is 6.53. The van der Waals surface area contributed by atoms with E-state index in [1.54, 1.807) is 18.2 Å². The van der Waals surface area contributed by atoms with Crippen molar-refractivity contribution in [3.05, 3.63) is 46.1 Å². The zero-order chi connectivity index (χ0) is 19.6. The third-order valence-electron chi connectivity index (χ3n) is 4.28. The fourth-order valence-corrected chi connectivity index (χ4v) is 4.09. The second-order valence-corrected chi connectivity index (χ2v) is 8.55. The molecule has 0 radical (unpaired) electrons. The van der Waals surface area contributed by atoms with Gasteiger partial charge in [0.2, 0.25) is 16.0 Å². The fourth-order valence-electron chi connectivity index (χ4n) is 3.20. The third-order valence-corrected chi connectivity index (χ3v) is 5.36. The van der Waals surface area contributed by atoms with Gasteiger partial charge in [-0.25, -0.2) is 18.5 Å². The molecule has 1 aromatic carbocycles. The first kappa shape index (κ1) is 19.8. The monoisotopic (exact) mass is 411 g/mol. The highest BCUT2D eigenvalue weighted by Crippen LogP contribution is 2.34. The lowest BCUT2D eigenvalue weighted by Gasteiger charge is -2.31. The molecule has 2 aromatic rings. The highest BCUT2D eigenvalue weighted by atomic mass is 35.5. The van der Waals surface area contributed by atoms with Crippen LogP contribution in [0.3, 0.4) is 0 Å². The fraction of sp³-hybridized carbons (Fsp3) is 0.412. The predicted octanol–water partition coefficient (Wildman–Crippen LogP) is 1.78. The molecule has 146 valence electrons. The van der Waals surface area contributed by atoms with E-state index >= 15 is 0 Å². The molecule has 8 nitrogen and oxygen atoms in total. The number of primary sulfonamides is 1. The van der Waals surface area contributed by atoms with Gasteiger partial charge in [0.05, 0.1) is 18.4 Å². The zero-order valence-corrected chi connectivity index (χ0v) is 16.5. The van der Waals surface area contributed by atoms with E-state index in [0.29, 0.717) is 36.2 Å². The van der Waals surface area contributed by atoms with E-state index in [9.17, 15) is 8.42 Å². The number of benzene rings is 1. The summed E-state index contributed by atoms with van der Waals surface area (Å²) in [6, 6.07) is 6.72. The van der Waals surface area contributed by atoms with Gasteiger partial charge in [-0.05, 0) is 30.5 Å². The smallest absolute Gasteiger partial charge is 0.222 e. The van der Waals surface area contributed by atoms with Crippen LogP contribution in [0.5, 0.6) is 0 Å². The van der Waals surface area contributed by atoms with E-state index in [-0.39, 0.29) is 17.7 Å². The molecule has 2 heterocycles. The van der Waals surface area contributed by atoms with Gasteiger partial charge in [0.1, 0.15) is 5.82 Å². The van der Waals surface area contributed by atoms with Crippen LogP contribution in [0.2, 0.25) is 5.02 Å². The zero-order valence-electron chi connectivity index (χ0n) is 14.9. The summed E-state index contributed by atoms with van der Waals surface area (Å²) in [6.45, 7) is 3.55. The van der Waals surface area contributed by atoms with Crippen LogP contribution >= 0.6 is 11.6 Å². The molecule has 1 aromatic heterocycles. The van der Waals surface area contributed by atoms with Gasteiger partial charge in [0.15, 0.2) is 0 Å². The number of nitrogens with two attached hydrogens (primary N) is 2. The summed E-state index contributed by atoms with van der Waals surface area (Å²) in [7, 11) is -3.65. The minimum atomic E-state index is -3.65. The molecule has 4 N–H and O–H groups in total. The van der Waals surface area contributed by atoms with Crippen molar-refractivity contribution in [2.75, 3.05) is 30.4 Å². The molecule has 0 amide bonds. The molecule has 1 aliphatic heterocycles. The van der Waals surface area contributed by atoms with Crippen molar-refractivity contribution in [1.29, 1.82) is 0 Å². The first-order chi connectivity index (χ1) is 12.7. The summed E-state index contributed by atoms with van der Waals surface area (Å²) in [4.78, 5) is 10.6. The van der Waals surface area contributed by atoms with Crippen molar-refractivity contribution >= 4 is 33.4 Å². The number of halogens is 1. The van der Waals surface area contributed by atoms with E-state index in [4.69, 9.17) is 27.2 Å². The summed E-state index contributed by atoms with van der Waals surface area (Å²) >= 11 is 6.45. The summed E-state index contributed by atoms with van der Waals surface area (Å²) in [5.41, 5.74) is 7.91. The Kier molecular flexibility index (Phi) is 5.85. The molecule has 1 unspecified atom stereocenters. The first-order valence-electron chi connectivity index (χ1n) is 8.47. The minimum absolute atomic E-state index is 0.197. The van der Waals surface area contributed by atoms with Crippen molar-refractivity contribution in [3.63, 3.8) is 0 Å². The Bertz CT molecular complexity index is 918. The summed E-state index contributed by atoms with van der Waals surface area (Å²) < 4.78 is 28.7. The van der Waals surface area contributed by atoms with Crippen molar-refractivity contribution in [2.24, 2.45) is 5.14 Å². The SMILES string of the molecule is Cc1cc(N2CCCOCC2c2cc(CS(N)(=O)=O)ccc2Cl)nc(N)n1. The van der Waals surface area contributed by atoms with E-state index in [0.717, 1.165) is 17.7 Å². The Balaban J connectivity index is 2.04. The van der Waals surface area contributed by atoms with Gasteiger partial charge in [-0.15, -0.1) is 0 Å². The Morgan fingerprint density at radius 1 is 1.33 bits per heavy atom. The highest BCUT2D eigenvalue weighted by molar-refractivity contribution is 7.88. The first-order valence-corrected chi connectivity index (χ1v) is 10.6. The molecule has 10 heteroatoms. The molecule has 1 fully saturated rings. The van der Waals surface area contributed by atoms with Gasteiger partial charge in [0.25, 0.3) is 0 Å². The Labute approximate surface area is 163 Å². The van der Waals surface area contributed by atoms with Crippen LogP contribution in [0, 0.1) is 6.92 Å². The van der Waals surface area contributed by atoms with Crippen molar-refractivity contribution in [1.82, 2.24) is 9.97 Å². The van der Waals surface area contributed by atoms with Gasteiger partial charge in [-0.3, -0.25) is 0 Å². The lowest BCUT2D eigenvalue weighted by atomic mass is 10.0. The van der Waals surface area contributed by atoms with Crippen LogP contribution < -0.4 is 15.8 Å². The maximum absolute atomic E-state index is 11.5. The van der Waals surface area contributed by atoms with Gasteiger partial charge in [-0.1, -0.05) is 23.7 Å². The van der Waals surface area contributed by atoms with Crippen LogP contribution in [-0.4, -0.2) is 38.1 Å². The third kappa shape index (κ3) is 5.07. The van der Waals surface area contributed by atoms with E-state index in [1.165, 1.54) is 0 Å². The van der Waals surface area contributed by atoms with Crippen LogP contribution in [0.1, 0.15) is 29.3 Å². The van der Waals surface area contributed by atoms with Crippen molar-refractivity contribution in [3.8, 4) is 0 Å². The average molecular weight is 412 g/mol. The Morgan fingerprint density at radius 3 is 2.81 bits per heavy atom. The van der Waals surface area contributed by atoms with Gasteiger partial charge < -0.3 is 15.4 Å². The van der Waals surface area contributed by atoms with E-state index < -0.39 is 10.0 Å².